The molecular weight excluding hydrogens is 226 g/mol. The molecule has 4 nitrogen and oxygen atoms in total. The van der Waals surface area contributed by atoms with Gasteiger partial charge in [-0.25, -0.2) is 4.98 Å². The minimum Gasteiger partial charge on any atom is -0.380 e. The van der Waals surface area contributed by atoms with Crippen LogP contribution in [0.1, 0.15) is 44.8 Å². The van der Waals surface area contributed by atoms with Crippen LogP contribution in [0.4, 0.5) is 0 Å². The summed E-state index contributed by atoms with van der Waals surface area (Å²) >= 11 is 0. The topological polar surface area (TPSA) is 39.1 Å². The first-order chi connectivity index (χ1) is 8.54. The van der Waals surface area contributed by atoms with Gasteiger partial charge >= 0.3 is 0 Å². The Morgan fingerprint density at radius 1 is 1.33 bits per heavy atom. The molecule has 0 saturated carbocycles. The highest BCUT2D eigenvalue weighted by Gasteiger charge is 2.09. The number of imidazole rings is 1. The van der Waals surface area contributed by atoms with Crippen LogP contribution < -0.4 is 5.32 Å². The van der Waals surface area contributed by atoms with Crippen LogP contribution in [0.5, 0.6) is 0 Å². The average molecular weight is 253 g/mol. The number of hydrogen-bond acceptors (Lipinski definition) is 3. The zero-order valence-electron chi connectivity index (χ0n) is 12.4. The summed E-state index contributed by atoms with van der Waals surface area (Å²) in [4.78, 5) is 4.55. The molecule has 0 aliphatic heterocycles. The van der Waals surface area contributed by atoms with E-state index in [-0.39, 0.29) is 0 Å². The van der Waals surface area contributed by atoms with Crippen LogP contribution in [0.15, 0.2) is 6.20 Å². The number of rotatable bonds is 8. The van der Waals surface area contributed by atoms with Gasteiger partial charge in [-0.1, -0.05) is 13.8 Å². The fourth-order valence-corrected chi connectivity index (χ4v) is 1.70. The summed E-state index contributed by atoms with van der Waals surface area (Å²) in [6, 6.07) is 0.298. The Balaban J connectivity index is 2.36. The van der Waals surface area contributed by atoms with Crippen LogP contribution in [0.3, 0.4) is 0 Å². The normalized spacial score (nSPS) is 13.2. The average Bonchev–Trinajstić information content (AvgIpc) is 2.69. The van der Waals surface area contributed by atoms with Crippen molar-refractivity contribution >= 4 is 0 Å². The second-order valence-electron chi connectivity index (χ2n) is 5.21. The molecular formula is C14H27N3O. The molecule has 1 N–H and O–H groups in total. The van der Waals surface area contributed by atoms with Crippen molar-refractivity contribution in [3.63, 3.8) is 0 Å². The molecule has 18 heavy (non-hydrogen) atoms. The summed E-state index contributed by atoms with van der Waals surface area (Å²) < 4.78 is 7.80. The highest BCUT2D eigenvalue weighted by molar-refractivity contribution is 5.07. The third-order valence-corrected chi connectivity index (χ3v) is 3.19. The van der Waals surface area contributed by atoms with Crippen molar-refractivity contribution < 1.29 is 4.74 Å². The zero-order valence-corrected chi connectivity index (χ0v) is 12.4. The van der Waals surface area contributed by atoms with Gasteiger partial charge in [0.2, 0.25) is 0 Å². The minimum absolute atomic E-state index is 0.298. The Kier molecular flexibility index (Phi) is 6.36. The van der Waals surface area contributed by atoms with Crippen molar-refractivity contribution in [1.29, 1.82) is 0 Å². The van der Waals surface area contributed by atoms with E-state index in [9.17, 15) is 0 Å². The Bertz CT molecular complexity index is 347. The molecule has 1 aromatic heterocycles. The molecule has 1 aromatic rings. The van der Waals surface area contributed by atoms with Gasteiger partial charge in [-0.3, -0.25) is 0 Å². The summed E-state index contributed by atoms with van der Waals surface area (Å²) in [5.41, 5.74) is 1.09. The lowest BCUT2D eigenvalue weighted by Gasteiger charge is -2.08. The first-order valence-electron chi connectivity index (χ1n) is 6.83. The Hall–Kier alpha value is -0.870. The highest BCUT2D eigenvalue weighted by Crippen LogP contribution is 2.11. The number of ether oxygens (including phenoxy) is 1. The van der Waals surface area contributed by atoms with Crippen LogP contribution in [0.25, 0.3) is 0 Å². The van der Waals surface area contributed by atoms with Crippen molar-refractivity contribution in [3.05, 3.63) is 17.7 Å². The lowest BCUT2D eigenvalue weighted by Crippen LogP contribution is -2.12. The molecule has 104 valence electrons. The molecule has 1 heterocycles. The molecule has 0 aromatic carbocycles. The molecule has 1 atom stereocenters. The van der Waals surface area contributed by atoms with E-state index in [1.165, 1.54) is 0 Å². The van der Waals surface area contributed by atoms with Crippen molar-refractivity contribution in [2.45, 2.75) is 46.7 Å². The molecule has 4 heteroatoms. The van der Waals surface area contributed by atoms with Crippen molar-refractivity contribution in [2.75, 3.05) is 20.3 Å². The van der Waals surface area contributed by atoms with Gasteiger partial charge in [0.15, 0.2) is 0 Å². The third-order valence-electron chi connectivity index (χ3n) is 3.19. The maximum absolute atomic E-state index is 5.64. The van der Waals surface area contributed by atoms with E-state index in [1.807, 2.05) is 14.0 Å². The van der Waals surface area contributed by atoms with E-state index in [0.717, 1.165) is 37.7 Å². The van der Waals surface area contributed by atoms with Gasteiger partial charge < -0.3 is 14.6 Å². The van der Waals surface area contributed by atoms with Crippen molar-refractivity contribution in [2.24, 2.45) is 5.92 Å². The van der Waals surface area contributed by atoms with Crippen molar-refractivity contribution in [3.8, 4) is 0 Å². The summed E-state index contributed by atoms with van der Waals surface area (Å²) in [7, 11) is 1.95. The summed E-state index contributed by atoms with van der Waals surface area (Å²) in [6.45, 7) is 11.1. The minimum atomic E-state index is 0.298. The predicted molar refractivity (Wildman–Crippen MR) is 74.7 cm³/mol. The first-order valence-corrected chi connectivity index (χ1v) is 6.83. The molecule has 1 rings (SSSR count). The molecule has 0 bridgehead atoms. The lowest BCUT2D eigenvalue weighted by molar-refractivity contribution is 0.116. The maximum atomic E-state index is 5.64. The molecule has 0 amide bonds. The van der Waals surface area contributed by atoms with Crippen LogP contribution in [-0.2, 0) is 11.3 Å². The zero-order chi connectivity index (χ0) is 13.5. The van der Waals surface area contributed by atoms with Crippen molar-refractivity contribution in [1.82, 2.24) is 14.9 Å². The van der Waals surface area contributed by atoms with Crippen LogP contribution in [-0.4, -0.2) is 29.8 Å². The molecule has 0 fully saturated rings. The summed E-state index contributed by atoms with van der Waals surface area (Å²) in [5, 5.41) is 3.20. The van der Waals surface area contributed by atoms with Gasteiger partial charge in [0.05, 0.1) is 12.3 Å². The highest BCUT2D eigenvalue weighted by atomic mass is 16.5. The second kappa shape index (κ2) is 7.54. The number of aryl methyl sites for hydroxylation is 1. The Labute approximate surface area is 111 Å². The number of hydrogen-bond donors (Lipinski definition) is 1. The largest absolute Gasteiger partial charge is 0.380 e. The summed E-state index contributed by atoms with van der Waals surface area (Å²) in [5.74, 6) is 1.77. The molecule has 0 aliphatic rings. The van der Waals surface area contributed by atoms with Gasteiger partial charge in [-0.05, 0) is 33.2 Å². The summed E-state index contributed by atoms with van der Waals surface area (Å²) in [6.07, 6.45) is 3.24. The van der Waals surface area contributed by atoms with E-state index in [2.05, 4.69) is 41.8 Å². The van der Waals surface area contributed by atoms with E-state index in [1.54, 1.807) is 0 Å². The second-order valence-corrected chi connectivity index (χ2v) is 5.21. The SMILES string of the molecule is CNC(C)c1cn(CCOCCC(C)C)c(C)n1. The molecule has 0 spiro atoms. The van der Waals surface area contributed by atoms with Gasteiger partial charge in [0.25, 0.3) is 0 Å². The Morgan fingerprint density at radius 2 is 2.06 bits per heavy atom. The molecule has 1 unspecified atom stereocenters. The molecule has 0 radical (unpaired) electrons. The number of aromatic nitrogens is 2. The fraction of sp³-hybridized carbons (Fsp3) is 0.786. The van der Waals surface area contributed by atoms with Crippen LogP contribution >= 0.6 is 0 Å². The third kappa shape index (κ3) is 4.78. The fourth-order valence-electron chi connectivity index (χ4n) is 1.70. The lowest BCUT2D eigenvalue weighted by atomic mass is 10.1. The van der Waals surface area contributed by atoms with E-state index in [0.29, 0.717) is 12.0 Å². The van der Waals surface area contributed by atoms with Gasteiger partial charge in [0, 0.05) is 25.4 Å². The number of nitrogens with one attached hydrogen (secondary N) is 1. The monoisotopic (exact) mass is 253 g/mol. The van der Waals surface area contributed by atoms with E-state index in [4.69, 9.17) is 4.74 Å². The van der Waals surface area contributed by atoms with Gasteiger partial charge in [-0.2, -0.15) is 0 Å². The van der Waals surface area contributed by atoms with E-state index >= 15 is 0 Å². The van der Waals surface area contributed by atoms with Gasteiger partial charge in [-0.15, -0.1) is 0 Å². The predicted octanol–water partition coefficient (Wildman–Crippen LogP) is 2.53. The smallest absolute Gasteiger partial charge is 0.105 e. The van der Waals surface area contributed by atoms with E-state index < -0.39 is 0 Å². The maximum Gasteiger partial charge on any atom is 0.105 e. The molecule has 0 aliphatic carbocycles. The first kappa shape index (κ1) is 15.2. The van der Waals surface area contributed by atoms with Crippen LogP contribution in [0.2, 0.25) is 0 Å². The van der Waals surface area contributed by atoms with Gasteiger partial charge in [0.1, 0.15) is 5.82 Å². The molecule has 0 saturated heterocycles. The quantitative estimate of drug-likeness (QED) is 0.724. The van der Waals surface area contributed by atoms with Crippen LogP contribution in [0, 0.1) is 12.8 Å². The standard InChI is InChI=1S/C14H27N3O/c1-11(2)6-8-18-9-7-17-10-14(12(3)15-5)16-13(17)4/h10-12,15H,6-9H2,1-5H3. The Morgan fingerprint density at radius 3 is 2.67 bits per heavy atom. The number of nitrogens with zero attached hydrogens (tertiary/aromatic N) is 2.